The van der Waals surface area contributed by atoms with E-state index in [0.717, 1.165) is 17.7 Å². The second-order valence-corrected chi connectivity index (χ2v) is 5.43. The highest BCUT2D eigenvalue weighted by Gasteiger charge is 2.10. The summed E-state index contributed by atoms with van der Waals surface area (Å²) in [5, 5.41) is 7.40. The van der Waals surface area contributed by atoms with Crippen LogP contribution in [0.4, 0.5) is 5.13 Å². The van der Waals surface area contributed by atoms with E-state index in [1.165, 1.54) is 18.3 Å². The van der Waals surface area contributed by atoms with Crippen molar-refractivity contribution in [2.24, 2.45) is 0 Å². The predicted octanol–water partition coefficient (Wildman–Crippen LogP) is 2.08. The zero-order chi connectivity index (χ0) is 15.9. The molecule has 1 aromatic carbocycles. The van der Waals surface area contributed by atoms with E-state index >= 15 is 0 Å². The first-order valence-electron chi connectivity index (χ1n) is 6.72. The van der Waals surface area contributed by atoms with Crippen molar-refractivity contribution in [1.82, 2.24) is 10.3 Å². The van der Waals surface area contributed by atoms with Gasteiger partial charge in [0.15, 0.2) is 5.13 Å². The van der Waals surface area contributed by atoms with Gasteiger partial charge >= 0.3 is 0 Å². The number of nitrogens with zero attached hydrogens (tertiary/aromatic N) is 1. The van der Waals surface area contributed by atoms with Gasteiger partial charge in [-0.3, -0.25) is 9.59 Å². The molecule has 0 aliphatic heterocycles. The number of rotatable bonds is 6. The van der Waals surface area contributed by atoms with Crippen molar-refractivity contribution < 1.29 is 14.3 Å². The molecule has 0 aliphatic rings. The summed E-state index contributed by atoms with van der Waals surface area (Å²) < 4.78 is 5.09. The number of hydrogen-bond donors (Lipinski definition) is 2. The Morgan fingerprint density at radius 2 is 2.00 bits per heavy atom. The minimum Gasteiger partial charge on any atom is -0.497 e. The molecule has 0 aliphatic carbocycles. The normalized spacial score (nSPS) is 10.1. The van der Waals surface area contributed by atoms with Crippen molar-refractivity contribution in [3.05, 3.63) is 40.9 Å². The van der Waals surface area contributed by atoms with E-state index in [1.54, 1.807) is 12.5 Å². The zero-order valence-electron chi connectivity index (χ0n) is 12.4. The largest absolute Gasteiger partial charge is 0.497 e. The van der Waals surface area contributed by atoms with Crippen LogP contribution in [0.1, 0.15) is 23.0 Å². The number of carbonyl (C=O) groups excluding carboxylic acids is 2. The molecule has 2 aromatic rings. The molecule has 0 bridgehead atoms. The summed E-state index contributed by atoms with van der Waals surface area (Å²) in [5.74, 6) is 0.350. The van der Waals surface area contributed by atoms with E-state index < -0.39 is 0 Å². The van der Waals surface area contributed by atoms with Crippen molar-refractivity contribution in [2.45, 2.75) is 13.3 Å². The predicted molar refractivity (Wildman–Crippen MR) is 85.4 cm³/mol. The third kappa shape index (κ3) is 4.56. The molecule has 1 heterocycles. The minimum atomic E-state index is -0.249. The summed E-state index contributed by atoms with van der Waals surface area (Å²) in [7, 11) is 1.62. The lowest BCUT2D eigenvalue weighted by Crippen LogP contribution is -2.26. The van der Waals surface area contributed by atoms with Crippen LogP contribution in [-0.4, -0.2) is 30.5 Å². The molecule has 0 spiro atoms. The van der Waals surface area contributed by atoms with Gasteiger partial charge in [0.2, 0.25) is 5.91 Å². The Morgan fingerprint density at radius 3 is 2.64 bits per heavy atom. The number of nitrogens with one attached hydrogen (secondary N) is 2. The van der Waals surface area contributed by atoms with E-state index in [9.17, 15) is 9.59 Å². The lowest BCUT2D eigenvalue weighted by molar-refractivity contribution is -0.114. The Kier molecular flexibility index (Phi) is 5.48. The van der Waals surface area contributed by atoms with Crippen LogP contribution < -0.4 is 15.4 Å². The van der Waals surface area contributed by atoms with Crippen LogP contribution in [0.5, 0.6) is 5.75 Å². The molecule has 6 nitrogen and oxygen atoms in total. The summed E-state index contributed by atoms with van der Waals surface area (Å²) in [5.41, 5.74) is 1.42. The van der Waals surface area contributed by atoms with Gasteiger partial charge in [-0.15, -0.1) is 11.3 Å². The number of methoxy groups -OCH3 is 1. The Hall–Kier alpha value is -2.41. The molecule has 2 N–H and O–H groups in total. The fourth-order valence-corrected chi connectivity index (χ4v) is 2.53. The van der Waals surface area contributed by atoms with Gasteiger partial charge in [-0.05, 0) is 24.1 Å². The van der Waals surface area contributed by atoms with Crippen molar-refractivity contribution in [2.75, 3.05) is 19.0 Å². The molecular weight excluding hydrogens is 302 g/mol. The SMILES string of the molecule is COc1ccc(CCNC(=O)c2csc(NC(C)=O)n2)cc1. The lowest BCUT2D eigenvalue weighted by Gasteiger charge is -2.05. The lowest BCUT2D eigenvalue weighted by atomic mass is 10.1. The standard InChI is InChI=1S/C15H17N3O3S/c1-10(19)17-15-18-13(9-22-15)14(20)16-8-7-11-3-5-12(21-2)6-4-11/h3-6,9H,7-8H2,1-2H3,(H,16,20)(H,17,18,19). The third-order valence-electron chi connectivity index (χ3n) is 2.88. The summed E-state index contributed by atoms with van der Waals surface area (Å²) in [4.78, 5) is 26.9. The average molecular weight is 319 g/mol. The van der Waals surface area contributed by atoms with Gasteiger partial charge in [0.05, 0.1) is 7.11 Å². The third-order valence-corrected chi connectivity index (χ3v) is 3.64. The zero-order valence-corrected chi connectivity index (χ0v) is 13.2. The number of thiazole rings is 1. The Morgan fingerprint density at radius 1 is 1.27 bits per heavy atom. The van der Waals surface area contributed by atoms with Crippen LogP contribution in [0.15, 0.2) is 29.6 Å². The summed E-state index contributed by atoms with van der Waals surface area (Å²) >= 11 is 1.22. The highest BCUT2D eigenvalue weighted by molar-refractivity contribution is 7.14. The number of aromatic nitrogens is 1. The molecule has 0 radical (unpaired) electrons. The monoisotopic (exact) mass is 319 g/mol. The van der Waals surface area contributed by atoms with Crippen LogP contribution in [0.25, 0.3) is 0 Å². The Bertz CT molecular complexity index is 652. The van der Waals surface area contributed by atoms with E-state index in [1.807, 2.05) is 24.3 Å². The van der Waals surface area contributed by atoms with Crippen molar-refractivity contribution in [1.29, 1.82) is 0 Å². The van der Waals surface area contributed by atoms with Crippen LogP contribution in [0, 0.1) is 0 Å². The smallest absolute Gasteiger partial charge is 0.270 e. The molecule has 0 atom stereocenters. The molecule has 22 heavy (non-hydrogen) atoms. The van der Waals surface area contributed by atoms with E-state index in [4.69, 9.17) is 4.74 Å². The molecule has 2 amide bonds. The Balaban J connectivity index is 1.81. The molecule has 116 valence electrons. The Labute approximate surface area is 132 Å². The maximum absolute atomic E-state index is 11.9. The first kappa shape index (κ1) is 16.0. The highest BCUT2D eigenvalue weighted by Crippen LogP contribution is 2.15. The van der Waals surface area contributed by atoms with Gasteiger partial charge < -0.3 is 15.4 Å². The molecule has 7 heteroatoms. The number of anilines is 1. The molecular formula is C15H17N3O3S. The van der Waals surface area contributed by atoms with E-state index in [-0.39, 0.29) is 11.8 Å². The fourth-order valence-electron chi connectivity index (χ4n) is 1.79. The molecule has 2 rings (SSSR count). The summed E-state index contributed by atoms with van der Waals surface area (Å²) in [6.45, 7) is 1.91. The van der Waals surface area contributed by atoms with E-state index in [0.29, 0.717) is 17.4 Å². The van der Waals surface area contributed by atoms with Crippen LogP contribution >= 0.6 is 11.3 Å². The van der Waals surface area contributed by atoms with Gasteiger partial charge in [0.1, 0.15) is 11.4 Å². The first-order chi connectivity index (χ1) is 10.6. The fraction of sp³-hybridized carbons (Fsp3) is 0.267. The topological polar surface area (TPSA) is 80.3 Å². The van der Waals surface area contributed by atoms with Crippen LogP contribution in [0.3, 0.4) is 0 Å². The van der Waals surface area contributed by atoms with Gasteiger partial charge in [-0.1, -0.05) is 12.1 Å². The van der Waals surface area contributed by atoms with Gasteiger partial charge in [0.25, 0.3) is 5.91 Å². The average Bonchev–Trinajstić information content (AvgIpc) is 2.95. The number of hydrogen-bond acceptors (Lipinski definition) is 5. The number of amides is 2. The van der Waals surface area contributed by atoms with E-state index in [2.05, 4.69) is 15.6 Å². The molecule has 0 unspecified atom stereocenters. The second kappa shape index (κ2) is 7.56. The number of benzene rings is 1. The minimum absolute atomic E-state index is 0.208. The number of carbonyl (C=O) groups is 2. The van der Waals surface area contributed by atoms with Gasteiger partial charge in [-0.2, -0.15) is 0 Å². The quantitative estimate of drug-likeness (QED) is 0.854. The van der Waals surface area contributed by atoms with Crippen molar-refractivity contribution >= 4 is 28.3 Å². The second-order valence-electron chi connectivity index (χ2n) is 4.57. The van der Waals surface area contributed by atoms with Crippen molar-refractivity contribution in [3.63, 3.8) is 0 Å². The molecule has 0 saturated carbocycles. The van der Waals surface area contributed by atoms with Crippen molar-refractivity contribution in [3.8, 4) is 5.75 Å². The van der Waals surface area contributed by atoms with Gasteiger partial charge in [-0.25, -0.2) is 4.98 Å². The van der Waals surface area contributed by atoms with Crippen LogP contribution in [-0.2, 0) is 11.2 Å². The first-order valence-corrected chi connectivity index (χ1v) is 7.60. The molecule has 0 fully saturated rings. The maximum atomic E-state index is 11.9. The summed E-state index contributed by atoms with van der Waals surface area (Å²) in [6, 6.07) is 7.69. The van der Waals surface area contributed by atoms with Crippen LogP contribution in [0.2, 0.25) is 0 Å². The molecule has 1 aromatic heterocycles. The summed E-state index contributed by atoms with van der Waals surface area (Å²) in [6.07, 6.45) is 0.721. The maximum Gasteiger partial charge on any atom is 0.270 e. The highest BCUT2D eigenvalue weighted by atomic mass is 32.1. The van der Waals surface area contributed by atoms with Gasteiger partial charge in [0, 0.05) is 18.8 Å². The number of ether oxygens (including phenoxy) is 1. The molecule has 0 saturated heterocycles.